The zero-order valence-electron chi connectivity index (χ0n) is 9.25. The standard InChI is InChI=1S/C12H6Cl4N2O/c13-6-3-1-2-4-8(6)18-12(19)11-10(16)9(15)7(14)5-17-11/h1-5H,(H,18,19). The molecule has 1 aromatic heterocycles. The predicted octanol–water partition coefficient (Wildman–Crippen LogP) is 4.95. The van der Waals surface area contributed by atoms with Gasteiger partial charge in [0, 0.05) is 6.20 Å². The molecule has 19 heavy (non-hydrogen) atoms. The number of para-hydroxylation sites is 1. The highest BCUT2D eigenvalue weighted by Crippen LogP contribution is 2.31. The first-order valence-electron chi connectivity index (χ1n) is 5.06. The summed E-state index contributed by atoms with van der Waals surface area (Å²) in [4.78, 5) is 15.9. The molecule has 0 bridgehead atoms. The third kappa shape index (κ3) is 3.12. The zero-order chi connectivity index (χ0) is 14.0. The van der Waals surface area contributed by atoms with Gasteiger partial charge >= 0.3 is 0 Å². The van der Waals surface area contributed by atoms with Crippen LogP contribution in [0, 0.1) is 0 Å². The first-order valence-corrected chi connectivity index (χ1v) is 6.57. The van der Waals surface area contributed by atoms with Crippen molar-refractivity contribution in [3.05, 3.63) is 56.2 Å². The molecule has 3 nitrogen and oxygen atoms in total. The number of anilines is 1. The van der Waals surface area contributed by atoms with E-state index in [4.69, 9.17) is 46.4 Å². The molecule has 0 radical (unpaired) electrons. The number of hydrogen-bond donors (Lipinski definition) is 1. The molecule has 0 unspecified atom stereocenters. The lowest BCUT2D eigenvalue weighted by molar-refractivity contribution is 0.102. The summed E-state index contributed by atoms with van der Waals surface area (Å²) in [7, 11) is 0. The minimum absolute atomic E-state index is 0.00118. The SMILES string of the molecule is O=C(Nc1ccccc1Cl)c1ncc(Cl)c(Cl)c1Cl. The van der Waals surface area contributed by atoms with Crippen LogP contribution in [0.15, 0.2) is 30.5 Å². The second-order valence-corrected chi connectivity index (χ2v) is 5.09. The Morgan fingerprint density at radius 2 is 1.68 bits per heavy atom. The number of aromatic nitrogens is 1. The normalized spacial score (nSPS) is 10.3. The first kappa shape index (κ1) is 14.4. The van der Waals surface area contributed by atoms with Crippen LogP contribution in [-0.4, -0.2) is 10.9 Å². The second-order valence-electron chi connectivity index (χ2n) is 3.52. The summed E-state index contributed by atoms with van der Waals surface area (Å²) in [6.07, 6.45) is 1.26. The van der Waals surface area contributed by atoms with E-state index in [0.717, 1.165) is 0 Å². The first-order chi connectivity index (χ1) is 9.00. The molecule has 98 valence electrons. The van der Waals surface area contributed by atoms with E-state index in [1.807, 2.05) is 0 Å². The van der Waals surface area contributed by atoms with E-state index in [-0.39, 0.29) is 20.8 Å². The fourth-order valence-electron chi connectivity index (χ4n) is 1.35. The van der Waals surface area contributed by atoms with Crippen LogP contribution < -0.4 is 5.32 Å². The minimum Gasteiger partial charge on any atom is -0.319 e. The van der Waals surface area contributed by atoms with E-state index in [2.05, 4.69) is 10.3 Å². The summed E-state index contributed by atoms with van der Waals surface area (Å²) in [5.41, 5.74) is 0.439. The van der Waals surface area contributed by atoms with Crippen molar-refractivity contribution in [3.63, 3.8) is 0 Å². The van der Waals surface area contributed by atoms with Gasteiger partial charge < -0.3 is 5.32 Å². The third-order valence-electron chi connectivity index (χ3n) is 2.25. The van der Waals surface area contributed by atoms with Gasteiger partial charge in [-0.15, -0.1) is 0 Å². The number of pyridine rings is 1. The molecule has 2 aromatic rings. The summed E-state index contributed by atoms with van der Waals surface area (Å²) in [6, 6.07) is 6.81. The van der Waals surface area contributed by atoms with E-state index in [9.17, 15) is 4.79 Å². The van der Waals surface area contributed by atoms with Crippen LogP contribution in [0.2, 0.25) is 20.1 Å². The molecular formula is C12H6Cl4N2O. The Bertz CT molecular complexity index is 646. The Morgan fingerprint density at radius 3 is 2.37 bits per heavy atom. The molecule has 0 aliphatic carbocycles. The Labute approximate surface area is 129 Å². The van der Waals surface area contributed by atoms with Crippen molar-refractivity contribution in [2.24, 2.45) is 0 Å². The van der Waals surface area contributed by atoms with Gasteiger partial charge in [0.05, 0.1) is 25.8 Å². The van der Waals surface area contributed by atoms with E-state index >= 15 is 0 Å². The molecule has 0 saturated heterocycles. The topological polar surface area (TPSA) is 42.0 Å². The highest BCUT2D eigenvalue weighted by molar-refractivity contribution is 6.49. The average Bonchev–Trinajstić information content (AvgIpc) is 2.39. The average molecular weight is 336 g/mol. The van der Waals surface area contributed by atoms with Gasteiger partial charge in [-0.2, -0.15) is 0 Å². The summed E-state index contributed by atoms with van der Waals surface area (Å²) < 4.78 is 0. The summed E-state index contributed by atoms with van der Waals surface area (Å²) in [6.45, 7) is 0. The van der Waals surface area contributed by atoms with Crippen molar-refractivity contribution in [1.82, 2.24) is 4.98 Å². The van der Waals surface area contributed by atoms with Crippen LogP contribution in [0.1, 0.15) is 10.5 Å². The van der Waals surface area contributed by atoms with Gasteiger partial charge in [-0.3, -0.25) is 4.79 Å². The maximum atomic E-state index is 12.0. The maximum Gasteiger partial charge on any atom is 0.275 e. The van der Waals surface area contributed by atoms with Gasteiger partial charge in [0.25, 0.3) is 5.91 Å². The highest BCUT2D eigenvalue weighted by atomic mass is 35.5. The lowest BCUT2D eigenvalue weighted by Crippen LogP contribution is -2.14. The molecule has 0 aliphatic heterocycles. The van der Waals surface area contributed by atoms with Crippen LogP contribution in [0.4, 0.5) is 5.69 Å². The van der Waals surface area contributed by atoms with Crippen molar-refractivity contribution in [2.75, 3.05) is 5.32 Å². The molecule has 1 amide bonds. The maximum absolute atomic E-state index is 12.0. The van der Waals surface area contributed by atoms with Gasteiger partial charge in [0.1, 0.15) is 5.69 Å². The van der Waals surface area contributed by atoms with E-state index in [0.29, 0.717) is 10.7 Å². The summed E-state index contributed by atoms with van der Waals surface area (Å²) in [5, 5.41) is 3.27. The molecule has 0 aliphatic rings. The number of benzene rings is 1. The number of nitrogens with zero attached hydrogens (tertiary/aromatic N) is 1. The molecule has 1 heterocycles. The molecule has 1 aromatic carbocycles. The van der Waals surface area contributed by atoms with Crippen LogP contribution in [0.5, 0.6) is 0 Å². The smallest absolute Gasteiger partial charge is 0.275 e. The fourth-order valence-corrected chi connectivity index (χ4v) is 2.10. The minimum atomic E-state index is -0.517. The monoisotopic (exact) mass is 334 g/mol. The van der Waals surface area contributed by atoms with Gasteiger partial charge in [-0.25, -0.2) is 4.98 Å². The number of nitrogens with one attached hydrogen (secondary N) is 1. The van der Waals surface area contributed by atoms with Crippen molar-refractivity contribution in [1.29, 1.82) is 0 Å². The van der Waals surface area contributed by atoms with Gasteiger partial charge in [0.15, 0.2) is 0 Å². The molecule has 7 heteroatoms. The Kier molecular flexibility index (Phi) is 4.53. The molecule has 0 atom stereocenters. The molecule has 0 fully saturated rings. The highest BCUT2D eigenvalue weighted by Gasteiger charge is 2.17. The quantitative estimate of drug-likeness (QED) is 0.843. The van der Waals surface area contributed by atoms with Gasteiger partial charge in [0.2, 0.25) is 0 Å². The lowest BCUT2D eigenvalue weighted by atomic mass is 10.3. The largest absolute Gasteiger partial charge is 0.319 e. The van der Waals surface area contributed by atoms with E-state index in [1.165, 1.54) is 6.20 Å². The Balaban J connectivity index is 2.31. The number of amides is 1. The zero-order valence-corrected chi connectivity index (χ0v) is 12.3. The Morgan fingerprint density at radius 1 is 1.00 bits per heavy atom. The molecule has 0 spiro atoms. The number of hydrogen-bond acceptors (Lipinski definition) is 2. The van der Waals surface area contributed by atoms with Crippen molar-refractivity contribution in [2.45, 2.75) is 0 Å². The third-order valence-corrected chi connectivity index (χ3v) is 3.82. The lowest BCUT2D eigenvalue weighted by Gasteiger charge is -2.08. The second kappa shape index (κ2) is 5.97. The molecular weight excluding hydrogens is 330 g/mol. The number of carbonyl (C=O) groups excluding carboxylic acids is 1. The van der Waals surface area contributed by atoms with E-state index < -0.39 is 5.91 Å². The Hall–Kier alpha value is -1.000. The van der Waals surface area contributed by atoms with Crippen LogP contribution >= 0.6 is 46.4 Å². The molecule has 0 saturated carbocycles. The number of rotatable bonds is 2. The van der Waals surface area contributed by atoms with Crippen molar-refractivity contribution < 1.29 is 4.79 Å². The molecule has 2 rings (SSSR count). The van der Waals surface area contributed by atoms with Gasteiger partial charge in [-0.1, -0.05) is 58.5 Å². The number of carbonyl (C=O) groups is 1. The van der Waals surface area contributed by atoms with Crippen molar-refractivity contribution >= 4 is 58.0 Å². The van der Waals surface area contributed by atoms with E-state index in [1.54, 1.807) is 24.3 Å². The van der Waals surface area contributed by atoms with Crippen molar-refractivity contribution in [3.8, 4) is 0 Å². The number of halogens is 4. The van der Waals surface area contributed by atoms with Crippen LogP contribution in [0.3, 0.4) is 0 Å². The molecule has 1 N–H and O–H groups in total. The summed E-state index contributed by atoms with van der Waals surface area (Å²) >= 11 is 23.5. The van der Waals surface area contributed by atoms with Crippen LogP contribution in [-0.2, 0) is 0 Å². The fraction of sp³-hybridized carbons (Fsp3) is 0. The van der Waals surface area contributed by atoms with Gasteiger partial charge in [-0.05, 0) is 12.1 Å². The predicted molar refractivity (Wildman–Crippen MR) is 78.7 cm³/mol. The van der Waals surface area contributed by atoms with Crippen LogP contribution in [0.25, 0.3) is 0 Å². The summed E-state index contributed by atoms with van der Waals surface area (Å²) in [5.74, 6) is -0.517.